The van der Waals surface area contributed by atoms with E-state index in [-0.39, 0.29) is 29.9 Å². The molecule has 1 aromatic rings. The molecular weight excluding hydrogens is 262 g/mol. The third-order valence-corrected chi connectivity index (χ3v) is 4.64. The van der Waals surface area contributed by atoms with Gasteiger partial charge in [0.15, 0.2) is 0 Å². The van der Waals surface area contributed by atoms with Crippen LogP contribution in [0, 0.1) is 11.3 Å². The molecule has 1 aliphatic rings. The molecule has 2 rings (SSSR count). The number of hydrogen-bond donors (Lipinski definition) is 1. The maximum absolute atomic E-state index is 12.5. The molecule has 0 aliphatic heterocycles. The van der Waals surface area contributed by atoms with Crippen molar-refractivity contribution in [1.29, 1.82) is 0 Å². The van der Waals surface area contributed by atoms with Crippen molar-refractivity contribution in [2.45, 2.75) is 45.6 Å². The van der Waals surface area contributed by atoms with Crippen molar-refractivity contribution in [2.24, 2.45) is 11.3 Å². The minimum Gasteiger partial charge on any atom is -0.396 e. The number of rotatable bonds is 3. The lowest BCUT2D eigenvalue weighted by molar-refractivity contribution is -0.140. The molecule has 0 unspecified atom stereocenters. The lowest BCUT2D eigenvalue weighted by atomic mass is 9.89. The summed E-state index contributed by atoms with van der Waals surface area (Å²) in [5, 5.41) is 9.69. The van der Waals surface area contributed by atoms with E-state index < -0.39 is 0 Å². The van der Waals surface area contributed by atoms with Crippen LogP contribution in [0.5, 0.6) is 0 Å². The molecule has 3 atom stereocenters. The molecule has 0 bridgehead atoms. The summed E-state index contributed by atoms with van der Waals surface area (Å²) in [4.78, 5) is 14.3. The summed E-state index contributed by atoms with van der Waals surface area (Å²) in [7, 11) is 1.90. The maximum Gasteiger partial charge on any atom is 0.227 e. The molecule has 0 radical (unpaired) electrons. The Labute approximate surface area is 128 Å². The number of carbonyl (C=O) groups is 1. The fourth-order valence-corrected chi connectivity index (χ4v) is 3.42. The van der Waals surface area contributed by atoms with Crippen molar-refractivity contribution in [3.8, 4) is 0 Å². The van der Waals surface area contributed by atoms with Gasteiger partial charge in [0.25, 0.3) is 0 Å². The quantitative estimate of drug-likeness (QED) is 0.929. The summed E-state index contributed by atoms with van der Waals surface area (Å²) in [6, 6.07) is 10.6. The van der Waals surface area contributed by atoms with Gasteiger partial charge < -0.3 is 10.0 Å². The van der Waals surface area contributed by atoms with Gasteiger partial charge in [-0.2, -0.15) is 0 Å². The highest BCUT2D eigenvalue weighted by Crippen LogP contribution is 2.41. The van der Waals surface area contributed by atoms with Gasteiger partial charge in [0.2, 0.25) is 5.91 Å². The number of benzene rings is 1. The third kappa shape index (κ3) is 3.46. The third-order valence-electron chi connectivity index (χ3n) is 4.64. The summed E-state index contributed by atoms with van der Waals surface area (Å²) in [6.45, 7) is 6.06. The summed E-state index contributed by atoms with van der Waals surface area (Å²) in [5.74, 6) is 0.766. The van der Waals surface area contributed by atoms with Crippen LogP contribution in [0.15, 0.2) is 30.3 Å². The molecule has 3 heteroatoms. The monoisotopic (exact) mass is 289 g/mol. The van der Waals surface area contributed by atoms with Crippen LogP contribution in [-0.2, 0) is 4.79 Å². The minimum atomic E-state index is -0.353. The predicted molar refractivity (Wildman–Crippen MR) is 85.0 cm³/mol. The highest BCUT2D eigenvalue weighted by molar-refractivity contribution is 5.81. The average molecular weight is 289 g/mol. The Balaban J connectivity index is 2.14. The largest absolute Gasteiger partial charge is 0.396 e. The van der Waals surface area contributed by atoms with E-state index >= 15 is 0 Å². The Bertz CT molecular complexity index is 478. The number of carbonyl (C=O) groups excluding carboxylic acids is 1. The molecule has 21 heavy (non-hydrogen) atoms. The first-order valence-electron chi connectivity index (χ1n) is 7.77. The first kappa shape index (κ1) is 16.0. The van der Waals surface area contributed by atoms with Crippen LogP contribution >= 0.6 is 0 Å². The van der Waals surface area contributed by atoms with Gasteiger partial charge in [-0.1, -0.05) is 51.1 Å². The highest BCUT2D eigenvalue weighted by Gasteiger charge is 2.39. The zero-order valence-electron chi connectivity index (χ0n) is 13.5. The van der Waals surface area contributed by atoms with Crippen LogP contribution in [0.1, 0.15) is 45.1 Å². The summed E-state index contributed by atoms with van der Waals surface area (Å²) >= 11 is 0. The van der Waals surface area contributed by atoms with Gasteiger partial charge in [-0.3, -0.25) is 4.79 Å². The molecule has 1 amide bonds. The second-order valence-corrected chi connectivity index (χ2v) is 7.25. The fourth-order valence-electron chi connectivity index (χ4n) is 3.42. The van der Waals surface area contributed by atoms with Gasteiger partial charge in [0, 0.05) is 25.1 Å². The zero-order chi connectivity index (χ0) is 15.6. The molecule has 0 heterocycles. The van der Waals surface area contributed by atoms with Gasteiger partial charge in [-0.15, -0.1) is 0 Å². The lowest BCUT2D eigenvalue weighted by Crippen LogP contribution is -2.42. The second-order valence-electron chi connectivity index (χ2n) is 7.25. The Hall–Kier alpha value is -1.35. The molecule has 1 N–H and O–H groups in total. The Morgan fingerprint density at radius 3 is 2.38 bits per heavy atom. The van der Waals surface area contributed by atoms with Crippen molar-refractivity contribution in [3.05, 3.63) is 35.9 Å². The van der Waals surface area contributed by atoms with Crippen LogP contribution in [0.4, 0.5) is 0 Å². The normalized spacial score (nSPS) is 25.9. The summed E-state index contributed by atoms with van der Waals surface area (Å²) < 4.78 is 0. The van der Waals surface area contributed by atoms with Gasteiger partial charge in [0.05, 0.1) is 0 Å². The molecule has 3 nitrogen and oxygen atoms in total. The van der Waals surface area contributed by atoms with Crippen molar-refractivity contribution < 1.29 is 9.90 Å². The van der Waals surface area contributed by atoms with E-state index in [1.807, 2.05) is 50.9 Å². The molecule has 1 aromatic carbocycles. The van der Waals surface area contributed by atoms with E-state index in [0.717, 1.165) is 12.8 Å². The molecule has 1 aliphatic carbocycles. The van der Waals surface area contributed by atoms with Gasteiger partial charge in [-0.05, 0) is 30.2 Å². The van der Waals surface area contributed by atoms with Crippen LogP contribution < -0.4 is 0 Å². The Morgan fingerprint density at radius 2 is 1.86 bits per heavy atom. The highest BCUT2D eigenvalue weighted by atomic mass is 16.3. The average Bonchev–Trinajstić information content (AvgIpc) is 2.90. The van der Waals surface area contributed by atoms with Crippen LogP contribution in [0.25, 0.3) is 0 Å². The van der Waals surface area contributed by atoms with Crippen LogP contribution in [-0.4, -0.2) is 35.6 Å². The lowest BCUT2D eigenvalue weighted by Gasteiger charge is -2.31. The van der Waals surface area contributed by atoms with Crippen molar-refractivity contribution in [1.82, 2.24) is 4.90 Å². The van der Waals surface area contributed by atoms with Crippen molar-refractivity contribution in [2.75, 3.05) is 13.7 Å². The Morgan fingerprint density at radius 1 is 1.24 bits per heavy atom. The van der Waals surface area contributed by atoms with Gasteiger partial charge in [0.1, 0.15) is 0 Å². The van der Waals surface area contributed by atoms with Crippen LogP contribution in [0.3, 0.4) is 0 Å². The number of aliphatic hydroxyl groups is 1. The summed E-state index contributed by atoms with van der Waals surface area (Å²) in [5.41, 5.74) is 0.921. The standard InChI is InChI=1S/C18H27NO2/c1-18(2,3)17(21)19(4)15-10-14(12-20)16(11-15)13-8-6-5-7-9-13/h5-9,14-16,20H,10-12H2,1-4H3/t14-,15+,16-/m0/s1. The van der Waals surface area contributed by atoms with E-state index in [4.69, 9.17) is 0 Å². The second kappa shape index (κ2) is 6.18. The predicted octanol–water partition coefficient (Wildman–Crippen LogP) is 3.05. The molecule has 0 saturated heterocycles. The van der Waals surface area contributed by atoms with E-state index in [1.54, 1.807) is 0 Å². The number of hydrogen-bond acceptors (Lipinski definition) is 2. The topological polar surface area (TPSA) is 40.5 Å². The first-order valence-corrected chi connectivity index (χ1v) is 7.77. The van der Waals surface area contributed by atoms with E-state index in [1.165, 1.54) is 5.56 Å². The molecule has 0 aromatic heterocycles. The van der Waals surface area contributed by atoms with E-state index in [2.05, 4.69) is 12.1 Å². The fraction of sp³-hybridized carbons (Fsp3) is 0.611. The van der Waals surface area contributed by atoms with Crippen molar-refractivity contribution in [3.63, 3.8) is 0 Å². The SMILES string of the molecule is CN(C(=O)C(C)(C)C)[C@@H]1C[C@@H](CO)[C@H](c2ccccc2)C1. The molecule has 1 fully saturated rings. The van der Waals surface area contributed by atoms with Gasteiger partial charge >= 0.3 is 0 Å². The molecular formula is C18H27NO2. The Kier molecular flexibility index (Phi) is 4.72. The zero-order valence-corrected chi connectivity index (χ0v) is 13.5. The number of nitrogens with zero attached hydrogens (tertiary/aromatic N) is 1. The molecule has 1 saturated carbocycles. The minimum absolute atomic E-state index is 0.179. The molecule has 0 spiro atoms. The smallest absolute Gasteiger partial charge is 0.227 e. The first-order chi connectivity index (χ1) is 9.84. The summed E-state index contributed by atoms with van der Waals surface area (Å²) in [6.07, 6.45) is 1.82. The van der Waals surface area contributed by atoms with Crippen molar-refractivity contribution >= 4 is 5.91 Å². The maximum atomic E-state index is 12.5. The number of amides is 1. The van der Waals surface area contributed by atoms with Gasteiger partial charge in [-0.25, -0.2) is 0 Å². The van der Waals surface area contributed by atoms with E-state index in [0.29, 0.717) is 5.92 Å². The molecule has 116 valence electrons. The van der Waals surface area contributed by atoms with Crippen LogP contribution in [0.2, 0.25) is 0 Å². The van der Waals surface area contributed by atoms with E-state index in [9.17, 15) is 9.90 Å². The number of aliphatic hydroxyl groups excluding tert-OH is 1.